The van der Waals surface area contributed by atoms with Crippen LogP contribution in [0.2, 0.25) is 0 Å². The van der Waals surface area contributed by atoms with Crippen molar-refractivity contribution in [2.45, 2.75) is 26.4 Å². The molecule has 1 aromatic rings. The quantitative estimate of drug-likeness (QED) is 0.797. The lowest BCUT2D eigenvalue weighted by atomic mass is 10.2. The normalized spacial score (nSPS) is 12.3. The first kappa shape index (κ1) is 14.4. The summed E-state index contributed by atoms with van der Waals surface area (Å²) in [6.07, 6.45) is 1.76. The fourth-order valence-electron chi connectivity index (χ4n) is 1.65. The Morgan fingerprint density at radius 3 is 2.56 bits per heavy atom. The molecule has 18 heavy (non-hydrogen) atoms. The van der Waals surface area contributed by atoms with Gasteiger partial charge in [-0.1, -0.05) is 0 Å². The lowest BCUT2D eigenvalue weighted by molar-refractivity contribution is 0.0759. The Kier molecular flexibility index (Phi) is 4.67. The molecule has 1 atom stereocenters. The van der Waals surface area contributed by atoms with Crippen molar-refractivity contribution in [3.63, 3.8) is 0 Å². The Morgan fingerprint density at radius 2 is 2.11 bits per heavy atom. The molecule has 0 aliphatic carbocycles. The van der Waals surface area contributed by atoms with E-state index < -0.39 is 6.10 Å². The number of amides is 1. The molecule has 0 saturated carbocycles. The fourth-order valence-corrected chi connectivity index (χ4v) is 1.65. The number of hydrogen-bond donors (Lipinski definition) is 1. The minimum Gasteiger partial charge on any atom is -0.393 e. The van der Waals surface area contributed by atoms with Gasteiger partial charge in [0.15, 0.2) is 5.78 Å². The second-order valence-electron chi connectivity index (χ2n) is 4.65. The maximum absolute atomic E-state index is 12.1. The van der Waals surface area contributed by atoms with Crippen molar-refractivity contribution < 1.29 is 14.7 Å². The number of aromatic nitrogens is 1. The standard InChI is InChI=1S/C13H20N2O3/c1-9(16)5-6-14(3)13(18)12-7-11(10(2)17)8-15(12)4/h7-9,16H,5-6H2,1-4H3. The molecule has 0 aliphatic rings. The predicted octanol–water partition coefficient (Wildman–Crippen LogP) is 1.07. The van der Waals surface area contributed by atoms with E-state index in [0.29, 0.717) is 24.2 Å². The number of carbonyl (C=O) groups is 2. The Balaban J connectivity index is 2.80. The Bertz CT molecular complexity index is 449. The monoisotopic (exact) mass is 252 g/mol. The predicted molar refractivity (Wildman–Crippen MR) is 68.7 cm³/mol. The summed E-state index contributed by atoms with van der Waals surface area (Å²) in [5, 5.41) is 9.20. The first-order valence-electron chi connectivity index (χ1n) is 5.93. The molecule has 0 fully saturated rings. The molecule has 1 heterocycles. The summed E-state index contributed by atoms with van der Waals surface area (Å²) in [6, 6.07) is 1.60. The van der Waals surface area contributed by atoms with Crippen LogP contribution in [0, 0.1) is 0 Å². The Labute approximate surface area is 107 Å². The summed E-state index contributed by atoms with van der Waals surface area (Å²) in [5.74, 6) is -0.207. The van der Waals surface area contributed by atoms with E-state index in [-0.39, 0.29) is 11.7 Å². The maximum atomic E-state index is 12.1. The zero-order valence-electron chi connectivity index (χ0n) is 11.3. The second-order valence-corrected chi connectivity index (χ2v) is 4.65. The third-order valence-electron chi connectivity index (χ3n) is 2.86. The maximum Gasteiger partial charge on any atom is 0.270 e. The van der Waals surface area contributed by atoms with Crippen molar-refractivity contribution in [1.82, 2.24) is 9.47 Å². The van der Waals surface area contributed by atoms with Crippen LogP contribution in [-0.4, -0.2) is 46.0 Å². The van der Waals surface area contributed by atoms with Crippen molar-refractivity contribution in [2.24, 2.45) is 7.05 Å². The minimum atomic E-state index is -0.429. The highest BCUT2D eigenvalue weighted by Crippen LogP contribution is 2.10. The summed E-state index contributed by atoms with van der Waals surface area (Å²) in [7, 11) is 3.42. The molecule has 5 nitrogen and oxygen atoms in total. The van der Waals surface area contributed by atoms with Crippen LogP contribution in [0.5, 0.6) is 0 Å². The third kappa shape index (κ3) is 3.43. The van der Waals surface area contributed by atoms with Crippen LogP contribution in [0.3, 0.4) is 0 Å². The lowest BCUT2D eigenvalue weighted by Gasteiger charge is -2.18. The third-order valence-corrected chi connectivity index (χ3v) is 2.86. The molecule has 1 unspecified atom stereocenters. The van der Waals surface area contributed by atoms with Gasteiger partial charge in [-0.25, -0.2) is 0 Å². The molecule has 1 N–H and O–H groups in total. The smallest absolute Gasteiger partial charge is 0.270 e. The van der Waals surface area contributed by atoms with Crippen LogP contribution in [0.25, 0.3) is 0 Å². The van der Waals surface area contributed by atoms with Gasteiger partial charge in [-0.05, 0) is 26.3 Å². The molecule has 1 rings (SSSR count). The number of aliphatic hydroxyl groups is 1. The number of aliphatic hydroxyl groups excluding tert-OH is 1. The van der Waals surface area contributed by atoms with Gasteiger partial charge >= 0.3 is 0 Å². The number of ketones is 1. The molecular formula is C13H20N2O3. The molecule has 0 bridgehead atoms. The first-order chi connectivity index (χ1) is 8.32. The van der Waals surface area contributed by atoms with Crippen LogP contribution >= 0.6 is 0 Å². The minimum absolute atomic E-state index is 0.0590. The Hall–Kier alpha value is -1.62. The number of Topliss-reactive ketones (excluding diaryl/α,β-unsaturated/α-hetero) is 1. The van der Waals surface area contributed by atoms with E-state index in [9.17, 15) is 14.7 Å². The van der Waals surface area contributed by atoms with Crippen molar-refractivity contribution in [1.29, 1.82) is 0 Å². The summed E-state index contributed by atoms with van der Waals surface area (Å²) in [5.41, 5.74) is 1.01. The van der Waals surface area contributed by atoms with Gasteiger partial charge in [0.05, 0.1) is 6.10 Å². The van der Waals surface area contributed by atoms with Gasteiger partial charge in [0.2, 0.25) is 0 Å². The largest absolute Gasteiger partial charge is 0.393 e. The molecule has 100 valence electrons. The van der Waals surface area contributed by atoms with E-state index in [2.05, 4.69) is 0 Å². The SMILES string of the molecule is CC(=O)c1cc(C(=O)N(C)CCC(C)O)n(C)c1. The number of aryl methyl sites for hydroxylation is 1. The summed E-state index contributed by atoms with van der Waals surface area (Å²) < 4.78 is 1.65. The van der Waals surface area contributed by atoms with Crippen molar-refractivity contribution in [2.75, 3.05) is 13.6 Å². The Morgan fingerprint density at radius 1 is 1.50 bits per heavy atom. The number of carbonyl (C=O) groups excluding carboxylic acids is 2. The van der Waals surface area contributed by atoms with Crippen molar-refractivity contribution in [3.8, 4) is 0 Å². The van der Waals surface area contributed by atoms with E-state index in [1.165, 1.54) is 6.92 Å². The highest BCUT2D eigenvalue weighted by Gasteiger charge is 2.17. The average Bonchev–Trinajstić information content (AvgIpc) is 2.67. The summed E-state index contributed by atoms with van der Waals surface area (Å²) in [6.45, 7) is 3.65. The van der Waals surface area contributed by atoms with Gasteiger partial charge in [0, 0.05) is 32.4 Å². The van der Waals surface area contributed by atoms with E-state index in [0.717, 1.165) is 0 Å². The highest BCUT2D eigenvalue weighted by atomic mass is 16.3. The second kappa shape index (κ2) is 5.82. The van der Waals surface area contributed by atoms with Crippen LogP contribution in [0.15, 0.2) is 12.3 Å². The van der Waals surface area contributed by atoms with Crippen molar-refractivity contribution >= 4 is 11.7 Å². The van der Waals surface area contributed by atoms with Gasteiger partial charge in [0.25, 0.3) is 5.91 Å². The van der Waals surface area contributed by atoms with Gasteiger partial charge < -0.3 is 14.6 Å². The highest BCUT2D eigenvalue weighted by molar-refractivity contribution is 5.99. The van der Waals surface area contributed by atoms with E-state index in [1.54, 1.807) is 42.7 Å². The first-order valence-corrected chi connectivity index (χ1v) is 5.93. The van der Waals surface area contributed by atoms with Crippen LogP contribution < -0.4 is 0 Å². The molecule has 1 aromatic heterocycles. The number of hydrogen-bond acceptors (Lipinski definition) is 3. The van der Waals surface area contributed by atoms with Gasteiger partial charge in [-0.15, -0.1) is 0 Å². The van der Waals surface area contributed by atoms with Crippen molar-refractivity contribution in [3.05, 3.63) is 23.5 Å². The average molecular weight is 252 g/mol. The molecular weight excluding hydrogens is 232 g/mol. The van der Waals surface area contributed by atoms with E-state index in [4.69, 9.17) is 0 Å². The van der Waals surface area contributed by atoms with Crippen LogP contribution in [-0.2, 0) is 7.05 Å². The summed E-state index contributed by atoms with van der Waals surface area (Å²) >= 11 is 0. The summed E-state index contributed by atoms with van der Waals surface area (Å²) in [4.78, 5) is 24.9. The zero-order valence-corrected chi connectivity index (χ0v) is 11.3. The molecule has 5 heteroatoms. The number of rotatable bonds is 5. The van der Waals surface area contributed by atoms with Crippen LogP contribution in [0.4, 0.5) is 0 Å². The van der Waals surface area contributed by atoms with Gasteiger partial charge in [-0.2, -0.15) is 0 Å². The topological polar surface area (TPSA) is 62.5 Å². The lowest BCUT2D eigenvalue weighted by Crippen LogP contribution is -2.30. The molecule has 0 saturated heterocycles. The molecule has 0 spiro atoms. The zero-order chi connectivity index (χ0) is 13.9. The molecule has 0 aromatic carbocycles. The molecule has 0 aliphatic heterocycles. The number of nitrogens with zero attached hydrogens (tertiary/aromatic N) is 2. The molecule has 0 radical (unpaired) electrons. The molecule has 1 amide bonds. The van der Waals surface area contributed by atoms with Gasteiger partial charge in [0.1, 0.15) is 5.69 Å². The van der Waals surface area contributed by atoms with Gasteiger partial charge in [-0.3, -0.25) is 9.59 Å². The van der Waals surface area contributed by atoms with E-state index in [1.807, 2.05) is 0 Å². The fraction of sp³-hybridized carbons (Fsp3) is 0.538. The van der Waals surface area contributed by atoms with E-state index >= 15 is 0 Å². The van der Waals surface area contributed by atoms with Crippen LogP contribution in [0.1, 0.15) is 41.1 Å².